The van der Waals surface area contributed by atoms with Crippen molar-refractivity contribution in [2.75, 3.05) is 23.8 Å². The number of hydrogen-bond acceptors (Lipinski definition) is 5. The van der Waals surface area contributed by atoms with Crippen molar-refractivity contribution < 1.29 is 19.1 Å². The molecule has 2 aromatic rings. The molecular formula is C20H20N2O4S. The molecule has 0 fully saturated rings. The fraction of sp³-hybridized carbons (Fsp3) is 0.250. The Morgan fingerprint density at radius 3 is 2.63 bits per heavy atom. The predicted octanol–water partition coefficient (Wildman–Crippen LogP) is 2.40. The van der Waals surface area contributed by atoms with Gasteiger partial charge in [0.2, 0.25) is 5.91 Å². The summed E-state index contributed by atoms with van der Waals surface area (Å²) in [6, 6.07) is 14.5. The van der Waals surface area contributed by atoms with Crippen LogP contribution in [0.3, 0.4) is 0 Å². The number of amides is 2. The molecule has 1 heterocycles. The Hall–Kier alpha value is -2.80. The number of carbonyl (C=O) groups is 3. The van der Waals surface area contributed by atoms with E-state index in [4.69, 9.17) is 10.5 Å². The molecule has 2 N–H and O–H groups in total. The molecule has 2 aromatic carbocycles. The highest BCUT2D eigenvalue weighted by molar-refractivity contribution is 8.00. The van der Waals surface area contributed by atoms with E-state index in [0.717, 1.165) is 24.1 Å². The lowest BCUT2D eigenvalue weighted by Gasteiger charge is -2.29. The van der Waals surface area contributed by atoms with Crippen LogP contribution < -0.4 is 10.6 Å². The lowest BCUT2D eigenvalue weighted by atomic mass is 10.0. The average molecular weight is 384 g/mol. The summed E-state index contributed by atoms with van der Waals surface area (Å²) in [5.74, 6) is -1.26. The van der Waals surface area contributed by atoms with Gasteiger partial charge in [0.25, 0.3) is 5.91 Å². The second-order valence-electron chi connectivity index (χ2n) is 6.10. The number of benzene rings is 2. The van der Waals surface area contributed by atoms with E-state index in [2.05, 4.69) is 0 Å². The van der Waals surface area contributed by atoms with Crippen molar-refractivity contribution in [2.24, 2.45) is 5.73 Å². The Morgan fingerprint density at radius 2 is 1.81 bits per heavy atom. The van der Waals surface area contributed by atoms with E-state index in [1.807, 2.05) is 24.3 Å². The van der Waals surface area contributed by atoms with Crippen LogP contribution in [-0.4, -0.2) is 36.7 Å². The Morgan fingerprint density at radius 1 is 1.07 bits per heavy atom. The monoisotopic (exact) mass is 384 g/mol. The normalized spacial score (nSPS) is 13.0. The van der Waals surface area contributed by atoms with Gasteiger partial charge in [-0.25, -0.2) is 4.79 Å². The van der Waals surface area contributed by atoms with Gasteiger partial charge in [0, 0.05) is 17.1 Å². The summed E-state index contributed by atoms with van der Waals surface area (Å²) in [5.41, 5.74) is 7.47. The zero-order valence-electron chi connectivity index (χ0n) is 14.7. The zero-order chi connectivity index (χ0) is 19.2. The molecule has 0 unspecified atom stereocenters. The SMILES string of the molecule is NC(=O)CSc1ccccc1C(=O)OCC(=O)N1CCCc2ccccc21. The maximum absolute atomic E-state index is 12.6. The number of thioether (sulfide) groups is 1. The second-order valence-corrected chi connectivity index (χ2v) is 7.12. The van der Waals surface area contributed by atoms with Crippen LogP contribution in [0.15, 0.2) is 53.4 Å². The first kappa shape index (κ1) is 19.0. The second kappa shape index (κ2) is 8.73. The van der Waals surface area contributed by atoms with E-state index < -0.39 is 11.9 Å². The molecule has 0 saturated carbocycles. The standard InChI is InChI=1S/C20H20N2O4S/c21-18(23)13-27-17-10-4-2-8-15(17)20(25)26-12-19(24)22-11-5-7-14-6-1-3-9-16(14)22/h1-4,6,8-10H,5,7,11-13H2,(H2,21,23). The number of para-hydroxylation sites is 1. The Kier molecular flexibility index (Phi) is 6.13. The van der Waals surface area contributed by atoms with Gasteiger partial charge in [-0.1, -0.05) is 30.3 Å². The Bertz CT molecular complexity index is 869. The van der Waals surface area contributed by atoms with Gasteiger partial charge in [-0.3, -0.25) is 9.59 Å². The summed E-state index contributed by atoms with van der Waals surface area (Å²) in [6.45, 7) is 0.278. The molecule has 7 heteroatoms. The van der Waals surface area contributed by atoms with E-state index in [0.29, 0.717) is 17.0 Å². The van der Waals surface area contributed by atoms with Gasteiger partial charge in [0.15, 0.2) is 6.61 Å². The number of rotatable bonds is 6. The van der Waals surface area contributed by atoms with Crippen molar-refractivity contribution in [1.29, 1.82) is 0 Å². The molecule has 3 rings (SSSR count). The van der Waals surface area contributed by atoms with E-state index in [1.165, 1.54) is 11.8 Å². The summed E-state index contributed by atoms with van der Waals surface area (Å²) in [5, 5.41) is 0. The van der Waals surface area contributed by atoms with Crippen molar-refractivity contribution in [1.82, 2.24) is 0 Å². The van der Waals surface area contributed by atoms with Crippen LogP contribution in [0, 0.1) is 0 Å². The first-order valence-electron chi connectivity index (χ1n) is 8.62. The van der Waals surface area contributed by atoms with E-state index in [-0.39, 0.29) is 18.3 Å². The lowest BCUT2D eigenvalue weighted by molar-refractivity contribution is -0.121. The van der Waals surface area contributed by atoms with Gasteiger partial charge in [-0.15, -0.1) is 11.8 Å². The highest BCUT2D eigenvalue weighted by atomic mass is 32.2. The number of ether oxygens (including phenoxy) is 1. The minimum Gasteiger partial charge on any atom is -0.452 e. The predicted molar refractivity (Wildman–Crippen MR) is 104 cm³/mol. The zero-order valence-corrected chi connectivity index (χ0v) is 15.5. The Balaban J connectivity index is 1.65. The molecule has 0 aliphatic carbocycles. The molecule has 0 bridgehead atoms. The minimum absolute atomic E-state index is 0.0633. The van der Waals surface area contributed by atoms with Gasteiger partial charge < -0.3 is 15.4 Å². The van der Waals surface area contributed by atoms with E-state index in [1.54, 1.807) is 29.2 Å². The summed E-state index contributed by atoms with van der Waals surface area (Å²) in [6.07, 6.45) is 1.81. The molecule has 27 heavy (non-hydrogen) atoms. The number of nitrogens with zero attached hydrogens (tertiary/aromatic N) is 1. The van der Waals surface area contributed by atoms with E-state index >= 15 is 0 Å². The smallest absolute Gasteiger partial charge is 0.339 e. The van der Waals surface area contributed by atoms with Gasteiger partial charge in [0.05, 0.1) is 11.3 Å². The summed E-state index contributed by atoms with van der Waals surface area (Å²) in [7, 11) is 0. The van der Waals surface area contributed by atoms with E-state index in [9.17, 15) is 14.4 Å². The average Bonchev–Trinajstić information content (AvgIpc) is 2.70. The van der Waals surface area contributed by atoms with Crippen LogP contribution in [0.2, 0.25) is 0 Å². The summed E-state index contributed by atoms with van der Waals surface area (Å²) in [4.78, 5) is 38.2. The highest BCUT2D eigenvalue weighted by Crippen LogP contribution is 2.27. The van der Waals surface area contributed by atoms with Gasteiger partial charge in [-0.2, -0.15) is 0 Å². The van der Waals surface area contributed by atoms with Gasteiger partial charge in [-0.05, 0) is 36.6 Å². The lowest BCUT2D eigenvalue weighted by Crippen LogP contribution is -2.38. The van der Waals surface area contributed by atoms with Crippen LogP contribution in [0.1, 0.15) is 22.3 Å². The third-order valence-electron chi connectivity index (χ3n) is 4.21. The molecule has 0 saturated heterocycles. The van der Waals surface area contributed by atoms with Crippen LogP contribution >= 0.6 is 11.8 Å². The number of hydrogen-bond donors (Lipinski definition) is 1. The molecule has 2 amide bonds. The van der Waals surface area contributed by atoms with Gasteiger partial charge >= 0.3 is 5.97 Å². The first-order chi connectivity index (χ1) is 13.1. The molecule has 1 aliphatic rings. The highest BCUT2D eigenvalue weighted by Gasteiger charge is 2.23. The minimum atomic E-state index is -0.596. The van der Waals surface area contributed by atoms with Gasteiger partial charge in [0.1, 0.15) is 0 Å². The maximum Gasteiger partial charge on any atom is 0.339 e. The molecular weight excluding hydrogens is 364 g/mol. The number of primary amides is 1. The number of anilines is 1. The quantitative estimate of drug-likeness (QED) is 0.610. The molecule has 0 atom stereocenters. The van der Waals surface area contributed by atoms with Crippen LogP contribution in [0.25, 0.3) is 0 Å². The van der Waals surface area contributed by atoms with Crippen molar-refractivity contribution in [3.8, 4) is 0 Å². The first-order valence-corrected chi connectivity index (χ1v) is 9.60. The molecule has 0 radical (unpaired) electrons. The van der Waals surface area contributed by atoms with Crippen LogP contribution in [-0.2, 0) is 20.7 Å². The topological polar surface area (TPSA) is 89.7 Å². The number of fused-ring (bicyclic) bond motifs is 1. The number of carbonyl (C=O) groups excluding carboxylic acids is 3. The number of nitrogens with two attached hydrogens (primary N) is 1. The Labute approximate surface area is 161 Å². The van der Waals surface area contributed by atoms with Crippen LogP contribution in [0.4, 0.5) is 5.69 Å². The molecule has 140 valence electrons. The number of aryl methyl sites for hydroxylation is 1. The fourth-order valence-electron chi connectivity index (χ4n) is 2.99. The fourth-order valence-corrected chi connectivity index (χ4v) is 3.77. The van der Waals surface area contributed by atoms with Crippen LogP contribution in [0.5, 0.6) is 0 Å². The largest absolute Gasteiger partial charge is 0.452 e. The van der Waals surface area contributed by atoms with Crippen molar-refractivity contribution in [3.05, 3.63) is 59.7 Å². The molecule has 0 spiro atoms. The molecule has 1 aliphatic heterocycles. The van der Waals surface area contributed by atoms with Crippen molar-refractivity contribution in [3.63, 3.8) is 0 Å². The van der Waals surface area contributed by atoms with Crippen molar-refractivity contribution in [2.45, 2.75) is 17.7 Å². The molecule has 0 aromatic heterocycles. The molecule has 6 nitrogen and oxygen atoms in total. The summed E-state index contributed by atoms with van der Waals surface area (Å²) < 4.78 is 5.25. The summed E-state index contributed by atoms with van der Waals surface area (Å²) >= 11 is 1.17. The number of esters is 1. The maximum atomic E-state index is 12.6. The third kappa shape index (κ3) is 4.68. The third-order valence-corrected chi connectivity index (χ3v) is 5.31. The van der Waals surface area contributed by atoms with Crippen molar-refractivity contribution >= 4 is 35.2 Å².